The fourth-order valence-corrected chi connectivity index (χ4v) is 1.38. The van der Waals surface area contributed by atoms with Crippen LogP contribution in [0.4, 0.5) is 0 Å². The molecule has 0 saturated carbocycles. The van der Waals surface area contributed by atoms with Crippen LogP contribution in [0.15, 0.2) is 10.5 Å². The van der Waals surface area contributed by atoms with Crippen LogP contribution in [0.2, 0.25) is 0 Å². The van der Waals surface area contributed by atoms with Gasteiger partial charge in [-0.25, -0.2) is 0 Å². The molecule has 3 heteroatoms. The molecule has 1 aromatic heterocycles. The molecule has 1 heterocycles. The van der Waals surface area contributed by atoms with Crippen molar-refractivity contribution in [2.24, 2.45) is 0 Å². The van der Waals surface area contributed by atoms with Crippen molar-refractivity contribution >= 4 is 5.91 Å². The molecule has 0 radical (unpaired) electrons. The Kier molecular flexibility index (Phi) is 3.33. The molecule has 0 unspecified atom stereocenters. The highest BCUT2D eigenvalue weighted by Crippen LogP contribution is 2.13. The average Bonchev–Trinajstić information content (AvgIpc) is 2.28. The van der Waals surface area contributed by atoms with Crippen molar-refractivity contribution in [3.63, 3.8) is 0 Å². The maximum Gasteiger partial charge on any atom is 0.227 e. The van der Waals surface area contributed by atoms with Crippen molar-refractivity contribution < 1.29 is 9.21 Å². The largest absolute Gasteiger partial charge is 0.466 e. The standard InChI is InChI=1S/C11H17NO2/c1-7(2)12-11(13)6-10-8(3)5-9(4)14-10/h5,7H,6H2,1-4H3,(H,12,13). The van der Waals surface area contributed by atoms with Gasteiger partial charge in [0.1, 0.15) is 11.5 Å². The number of carbonyl (C=O) groups is 1. The first-order chi connectivity index (χ1) is 6.49. The second kappa shape index (κ2) is 4.31. The zero-order valence-corrected chi connectivity index (χ0v) is 9.18. The van der Waals surface area contributed by atoms with Crippen LogP contribution in [0.25, 0.3) is 0 Å². The van der Waals surface area contributed by atoms with E-state index in [0.29, 0.717) is 6.42 Å². The van der Waals surface area contributed by atoms with E-state index in [1.165, 1.54) is 0 Å². The summed E-state index contributed by atoms with van der Waals surface area (Å²) < 4.78 is 5.41. The van der Waals surface area contributed by atoms with Gasteiger partial charge in [-0.05, 0) is 39.3 Å². The molecule has 14 heavy (non-hydrogen) atoms. The number of furan rings is 1. The van der Waals surface area contributed by atoms with Gasteiger partial charge in [0.2, 0.25) is 5.91 Å². The first-order valence-corrected chi connectivity index (χ1v) is 4.84. The molecule has 0 aliphatic rings. The predicted molar refractivity (Wildman–Crippen MR) is 55.2 cm³/mol. The SMILES string of the molecule is Cc1cc(C)c(CC(=O)NC(C)C)o1. The number of nitrogens with one attached hydrogen (secondary N) is 1. The minimum absolute atomic E-state index is 0.0115. The highest BCUT2D eigenvalue weighted by atomic mass is 16.3. The molecule has 0 fully saturated rings. The van der Waals surface area contributed by atoms with Crippen LogP contribution in [-0.4, -0.2) is 11.9 Å². The molecule has 0 atom stereocenters. The minimum Gasteiger partial charge on any atom is -0.466 e. The Labute approximate surface area is 84.5 Å². The van der Waals surface area contributed by atoms with E-state index in [-0.39, 0.29) is 11.9 Å². The Hall–Kier alpha value is -1.25. The summed E-state index contributed by atoms with van der Waals surface area (Å²) in [7, 11) is 0. The highest BCUT2D eigenvalue weighted by Gasteiger charge is 2.10. The van der Waals surface area contributed by atoms with E-state index < -0.39 is 0 Å². The third kappa shape index (κ3) is 2.91. The van der Waals surface area contributed by atoms with E-state index in [9.17, 15) is 4.79 Å². The normalized spacial score (nSPS) is 10.6. The molecule has 1 amide bonds. The van der Waals surface area contributed by atoms with Gasteiger partial charge in [-0.3, -0.25) is 4.79 Å². The molecule has 0 aliphatic carbocycles. The van der Waals surface area contributed by atoms with Gasteiger partial charge in [0.15, 0.2) is 0 Å². The fraction of sp³-hybridized carbons (Fsp3) is 0.545. The second-order valence-electron chi connectivity index (χ2n) is 3.86. The summed E-state index contributed by atoms with van der Waals surface area (Å²) >= 11 is 0. The summed E-state index contributed by atoms with van der Waals surface area (Å²) in [5.41, 5.74) is 1.04. The molecule has 3 nitrogen and oxygen atoms in total. The van der Waals surface area contributed by atoms with Gasteiger partial charge in [-0.1, -0.05) is 0 Å². The van der Waals surface area contributed by atoms with Crippen LogP contribution in [0.1, 0.15) is 30.9 Å². The minimum atomic E-state index is 0.0115. The monoisotopic (exact) mass is 195 g/mol. The number of hydrogen-bond acceptors (Lipinski definition) is 2. The third-order valence-corrected chi connectivity index (χ3v) is 1.91. The first-order valence-electron chi connectivity index (χ1n) is 4.84. The van der Waals surface area contributed by atoms with E-state index in [2.05, 4.69) is 5.32 Å². The van der Waals surface area contributed by atoms with Gasteiger partial charge >= 0.3 is 0 Å². The van der Waals surface area contributed by atoms with Gasteiger partial charge in [-0.15, -0.1) is 0 Å². The van der Waals surface area contributed by atoms with Gasteiger partial charge < -0.3 is 9.73 Å². The van der Waals surface area contributed by atoms with Gasteiger partial charge in [0.25, 0.3) is 0 Å². The van der Waals surface area contributed by atoms with Crippen molar-refractivity contribution in [3.8, 4) is 0 Å². The van der Waals surface area contributed by atoms with Gasteiger partial charge in [0.05, 0.1) is 6.42 Å². The molecular weight excluding hydrogens is 178 g/mol. The van der Waals surface area contributed by atoms with Crippen LogP contribution < -0.4 is 5.32 Å². The smallest absolute Gasteiger partial charge is 0.227 e. The average molecular weight is 195 g/mol. The lowest BCUT2D eigenvalue weighted by molar-refractivity contribution is -0.121. The molecule has 0 aromatic carbocycles. The van der Waals surface area contributed by atoms with Crippen molar-refractivity contribution in [2.45, 2.75) is 40.2 Å². The summed E-state index contributed by atoms with van der Waals surface area (Å²) in [5.74, 6) is 1.63. The molecule has 0 saturated heterocycles. The molecule has 0 spiro atoms. The maximum atomic E-state index is 11.4. The van der Waals surface area contributed by atoms with Crippen LogP contribution >= 0.6 is 0 Å². The summed E-state index contributed by atoms with van der Waals surface area (Å²) in [5, 5.41) is 2.83. The van der Waals surface area contributed by atoms with Crippen molar-refractivity contribution in [3.05, 3.63) is 23.2 Å². The lowest BCUT2D eigenvalue weighted by atomic mass is 10.2. The zero-order valence-electron chi connectivity index (χ0n) is 9.18. The maximum absolute atomic E-state index is 11.4. The van der Waals surface area contributed by atoms with E-state index in [1.807, 2.05) is 33.8 Å². The Bertz CT molecular complexity index is 326. The Morgan fingerprint density at radius 2 is 2.14 bits per heavy atom. The van der Waals surface area contributed by atoms with Crippen LogP contribution in [0, 0.1) is 13.8 Å². The molecule has 0 aliphatic heterocycles. The van der Waals surface area contributed by atoms with E-state index in [4.69, 9.17) is 4.42 Å². The van der Waals surface area contributed by atoms with Crippen LogP contribution in [0.5, 0.6) is 0 Å². The molecule has 78 valence electrons. The Morgan fingerprint density at radius 1 is 1.50 bits per heavy atom. The number of aryl methyl sites for hydroxylation is 2. The number of rotatable bonds is 3. The van der Waals surface area contributed by atoms with Crippen molar-refractivity contribution in [2.75, 3.05) is 0 Å². The number of carbonyl (C=O) groups excluding carboxylic acids is 1. The fourth-order valence-electron chi connectivity index (χ4n) is 1.38. The molecule has 0 bridgehead atoms. The quantitative estimate of drug-likeness (QED) is 0.801. The Balaban J connectivity index is 2.60. The molecular formula is C11H17NO2. The second-order valence-corrected chi connectivity index (χ2v) is 3.86. The number of hydrogen-bond donors (Lipinski definition) is 1. The lowest BCUT2D eigenvalue weighted by Gasteiger charge is -2.06. The van der Waals surface area contributed by atoms with Crippen LogP contribution in [0.3, 0.4) is 0 Å². The van der Waals surface area contributed by atoms with Gasteiger partial charge in [-0.2, -0.15) is 0 Å². The lowest BCUT2D eigenvalue weighted by Crippen LogP contribution is -2.31. The molecule has 1 rings (SSSR count). The summed E-state index contributed by atoms with van der Waals surface area (Å²) in [6, 6.07) is 2.12. The summed E-state index contributed by atoms with van der Waals surface area (Å²) in [6.45, 7) is 7.72. The van der Waals surface area contributed by atoms with Crippen LogP contribution in [-0.2, 0) is 11.2 Å². The van der Waals surface area contributed by atoms with Crippen molar-refractivity contribution in [1.82, 2.24) is 5.32 Å². The topological polar surface area (TPSA) is 42.2 Å². The Morgan fingerprint density at radius 3 is 2.57 bits per heavy atom. The van der Waals surface area contributed by atoms with E-state index in [0.717, 1.165) is 17.1 Å². The predicted octanol–water partition coefficient (Wildman–Crippen LogP) is 1.96. The first kappa shape index (κ1) is 10.8. The van der Waals surface area contributed by atoms with E-state index >= 15 is 0 Å². The summed E-state index contributed by atoms with van der Waals surface area (Å²) in [4.78, 5) is 11.4. The summed E-state index contributed by atoms with van der Waals surface area (Å²) in [6.07, 6.45) is 0.331. The van der Waals surface area contributed by atoms with Gasteiger partial charge in [0, 0.05) is 6.04 Å². The third-order valence-electron chi connectivity index (χ3n) is 1.91. The van der Waals surface area contributed by atoms with Crippen molar-refractivity contribution in [1.29, 1.82) is 0 Å². The highest BCUT2D eigenvalue weighted by molar-refractivity contribution is 5.78. The number of amides is 1. The van der Waals surface area contributed by atoms with E-state index in [1.54, 1.807) is 0 Å². The molecule has 1 N–H and O–H groups in total. The molecule has 1 aromatic rings. The zero-order chi connectivity index (χ0) is 10.7.